The van der Waals surface area contributed by atoms with Crippen LogP contribution in [-0.4, -0.2) is 45.5 Å². The van der Waals surface area contributed by atoms with Crippen LogP contribution in [0, 0.1) is 0 Å². The highest BCUT2D eigenvalue weighted by Crippen LogP contribution is 2.11. The number of carbonyl (C=O) groups is 1. The van der Waals surface area contributed by atoms with E-state index in [-0.39, 0.29) is 5.69 Å². The number of nitrogens with two attached hydrogens (primary N) is 1. The summed E-state index contributed by atoms with van der Waals surface area (Å²) >= 11 is 0. The first-order valence-corrected chi connectivity index (χ1v) is 8.20. The van der Waals surface area contributed by atoms with Gasteiger partial charge in [0.15, 0.2) is 0 Å². The Balaban J connectivity index is 2.52. The zero-order chi connectivity index (χ0) is 15.9. The summed E-state index contributed by atoms with van der Waals surface area (Å²) in [5.74, 6) is -0.440. The first-order valence-electron chi connectivity index (χ1n) is 6.65. The molecule has 118 valence electrons. The molecule has 0 fully saturated rings. The van der Waals surface area contributed by atoms with Crippen LogP contribution in [0.15, 0.2) is 24.3 Å². The van der Waals surface area contributed by atoms with E-state index in [0.29, 0.717) is 18.7 Å². The fraction of sp³-hybridized carbons (Fsp3) is 0.462. The lowest BCUT2D eigenvalue weighted by molar-refractivity contribution is 0.0466. The molecule has 21 heavy (non-hydrogen) atoms. The highest BCUT2D eigenvalue weighted by atomic mass is 32.2. The Morgan fingerprint density at radius 2 is 1.81 bits per heavy atom. The topological polar surface area (TPSA) is 102 Å². The molecule has 0 aliphatic rings. The number of likely N-dealkylation sites (N-methyl/N-ethyl adjacent to an activating group) is 1. The van der Waals surface area contributed by atoms with Gasteiger partial charge in [-0.3, -0.25) is 4.72 Å². The molecule has 0 unspecified atom stereocenters. The van der Waals surface area contributed by atoms with Gasteiger partial charge in [-0.15, -0.1) is 0 Å². The highest BCUT2D eigenvalue weighted by Gasteiger charge is 2.09. The van der Waals surface area contributed by atoms with Crippen molar-refractivity contribution in [2.75, 3.05) is 31.0 Å². The van der Waals surface area contributed by atoms with Gasteiger partial charge < -0.3 is 9.64 Å². The number of ether oxygens (including phenoxy) is 1. The van der Waals surface area contributed by atoms with E-state index in [2.05, 4.69) is 9.62 Å². The van der Waals surface area contributed by atoms with Gasteiger partial charge in [0.05, 0.1) is 5.56 Å². The number of nitrogens with zero attached hydrogens (tertiary/aromatic N) is 1. The number of hydrogen-bond acceptors (Lipinski definition) is 5. The summed E-state index contributed by atoms with van der Waals surface area (Å²) in [6.07, 6.45) is 0. The summed E-state index contributed by atoms with van der Waals surface area (Å²) in [5.41, 5.74) is 0.645. The maximum Gasteiger partial charge on any atom is 0.338 e. The second-order valence-electron chi connectivity index (χ2n) is 4.39. The van der Waals surface area contributed by atoms with Crippen LogP contribution in [0.1, 0.15) is 24.2 Å². The number of hydrogen-bond donors (Lipinski definition) is 2. The fourth-order valence-corrected chi connectivity index (χ4v) is 2.19. The van der Waals surface area contributed by atoms with E-state index in [0.717, 1.165) is 13.1 Å². The normalized spacial score (nSPS) is 11.4. The van der Waals surface area contributed by atoms with Gasteiger partial charge in [-0.1, -0.05) is 13.8 Å². The Kier molecular flexibility index (Phi) is 6.60. The van der Waals surface area contributed by atoms with E-state index in [1.54, 1.807) is 0 Å². The van der Waals surface area contributed by atoms with Crippen molar-refractivity contribution in [2.24, 2.45) is 5.14 Å². The molecule has 1 aromatic rings. The molecule has 0 saturated heterocycles. The number of anilines is 1. The molecule has 0 saturated carbocycles. The molecule has 0 radical (unpaired) electrons. The zero-order valence-corrected chi connectivity index (χ0v) is 13.0. The minimum Gasteiger partial charge on any atom is -0.461 e. The summed E-state index contributed by atoms with van der Waals surface area (Å²) in [5, 5.41) is 4.85. The molecule has 0 aliphatic carbocycles. The highest BCUT2D eigenvalue weighted by molar-refractivity contribution is 7.90. The molecule has 8 heteroatoms. The number of nitrogens with one attached hydrogen (secondary N) is 1. The van der Waals surface area contributed by atoms with E-state index in [4.69, 9.17) is 9.88 Å². The molecule has 0 spiro atoms. The van der Waals surface area contributed by atoms with Gasteiger partial charge in [0, 0.05) is 12.2 Å². The van der Waals surface area contributed by atoms with Crippen molar-refractivity contribution in [1.82, 2.24) is 4.90 Å². The number of esters is 1. The second-order valence-corrected chi connectivity index (χ2v) is 5.68. The Hall–Kier alpha value is -1.64. The Morgan fingerprint density at radius 3 is 2.29 bits per heavy atom. The smallest absolute Gasteiger partial charge is 0.338 e. The van der Waals surface area contributed by atoms with Crippen molar-refractivity contribution in [2.45, 2.75) is 13.8 Å². The third-order valence-electron chi connectivity index (χ3n) is 2.92. The van der Waals surface area contributed by atoms with Gasteiger partial charge in [0.1, 0.15) is 6.61 Å². The summed E-state index contributed by atoms with van der Waals surface area (Å²) in [6, 6.07) is 5.86. The van der Waals surface area contributed by atoms with Crippen LogP contribution in [0.5, 0.6) is 0 Å². The first kappa shape index (κ1) is 17.4. The molecule has 0 amide bonds. The largest absolute Gasteiger partial charge is 0.461 e. The minimum atomic E-state index is -3.81. The van der Waals surface area contributed by atoms with E-state index < -0.39 is 16.2 Å². The molecule has 7 nitrogen and oxygen atoms in total. The van der Waals surface area contributed by atoms with Crippen LogP contribution in [0.3, 0.4) is 0 Å². The zero-order valence-electron chi connectivity index (χ0n) is 12.2. The minimum absolute atomic E-state index is 0.289. The van der Waals surface area contributed by atoms with E-state index in [9.17, 15) is 13.2 Å². The number of rotatable bonds is 8. The summed E-state index contributed by atoms with van der Waals surface area (Å²) in [7, 11) is -3.81. The lowest BCUT2D eigenvalue weighted by Gasteiger charge is -2.17. The van der Waals surface area contributed by atoms with Gasteiger partial charge in [0.2, 0.25) is 0 Å². The van der Waals surface area contributed by atoms with Gasteiger partial charge in [-0.2, -0.15) is 8.42 Å². The van der Waals surface area contributed by atoms with Crippen molar-refractivity contribution in [1.29, 1.82) is 0 Å². The van der Waals surface area contributed by atoms with Crippen molar-refractivity contribution in [3.63, 3.8) is 0 Å². The molecule has 1 aromatic carbocycles. The predicted molar refractivity (Wildman–Crippen MR) is 81.2 cm³/mol. The standard InChI is InChI=1S/C13H21N3O4S/c1-3-16(4-2)9-10-20-13(17)11-5-7-12(8-6-11)15-21(14,18)19/h5-8,15H,3-4,9-10H2,1-2H3,(H2,14,18,19). The average molecular weight is 315 g/mol. The van der Waals surface area contributed by atoms with E-state index in [1.807, 2.05) is 13.8 Å². The molecular weight excluding hydrogens is 294 g/mol. The Bertz CT molecular complexity index is 553. The summed E-state index contributed by atoms with van der Waals surface area (Å²) in [6.45, 7) is 6.90. The van der Waals surface area contributed by atoms with Crippen molar-refractivity contribution >= 4 is 21.9 Å². The van der Waals surface area contributed by atoms with Crippen molar-refractivity contribution in [3.05, 3.63) is 29.8 Å². The molecular formula is C13H21N3O4S. The van der Waals surface area contributed by atoms with Crippen LogP contribution < -0.4 is 9.86 Å². The van der Waals surface area contributed by atoms with Gasteiger partial charge in [0.25, 0.3) is 10.2 Å². The average Bonchev–Trinajstić information content (AvgIpc) is 2.42. The fourth-order valence-electron chi connectivity index (χ4n) is 1.73. The van der Waals surface area contributed by atoms with Crippen LogP contribution in [0.2, 0.25) is 0 Å². The maximum absolute atomic E-state index is 11.8. The second kappa shape index (κ2) is 7.96. The van der Waals surface area contributed by atoms with Crippen molar-refractivity contribution < 1.29 is 17.9 Å². The lowest BCUT2D eigenvalue weighted by Crippen LogP contribution is -2.27. The molecule has 3 N–H and O–H groups in total. The van der Waals surface area contributed by atoms with Crippen LogP contribution in [-0.2, 0) is 14.9 Å². The van der Waals surface area contributed by atoms with Crippen LogP contribution in [0.25, 0.3) is 0 Å². The maximum atomic E-state index is 11.8. The van der Waals surface area contributed by atoms with E-state index >= 15 is 0 Å². The lowest BCUT2D eigenvalue weighted by atomic mass is 10.2. The quantitative estimate of drug-likeness (QED) is 0.691. The SMILES string of the molecule is CCN(CC)CCOC(=O)c1ccc(NS(N)(=O)=O)cc1. The molecule has 0 aromatic heterocycles. The molecule has 1 rings (SSSR count). The molecule has 0 atom stereocenters. The Labute approximate surface area is 125 Å². The summed E-state index contributed by atoms with van der Waals surface area (Å²) < 4.78 is 29.0. The number of benzene rings is 1. The van der Waals surface area contributed by atoms with E-state index in [1.165, 1.54) is 24.3 Å². The molecule has 0 aliphatic heterocycles. The van der Waals surface area contributed by atoms with Gasteiger partial charge in [-0.05, 0) is 37.4 Å². The predicted octanol–water partition coefficient (Wildman–Crippen LogP) is 0.801. The monoisotopic (exact) mass is 315 g/mol. The third-order valence-corrected chi connectivity index (χ3v) is 3.44. The van der Waals surface area contributed by atoms with Gasteiger partial charge >= 0.3 is 5.97 Å². The number of carbonyl (C=O) groups excluding carboxylic acids is 1. The molecule has 0 bridgehead atoms. The van der Waals surface area contributed by atoms with Crippen LogP contribution in [0.4, 0.5) is 5.69 Å². The third kappa shape index (κ3) is 6.56. The van der Waals surface area contributed by atoms with Crippen molar-refractivity contribution in [3.8, 4) is 0 Å². The van der Waals surface area contributed by atoms with Crippen LogP contribution >= 0.6 is 0 Å². The molecule has 0 heterocycles. The first-order chi connectivity index (χ1) is 9.85. The summed E-state index contributed by atoms with van der Waals surface area (Å²) in [4.78, 5) is 13.9. The van der Waals surface area contributed by atoms with Gasteiger partial charge in [-0.25, -0.2) is 9.93 Å². The Morgan fingerprint density at radius 1 is 1.24 bits per heavy atom.